The van der Waals surface area contributed by atoms with Gasteiger partial charge in [0.1, 0.15) is 5.82 Å². The van der Waals surface area contributed by atoms with Crippen LogP contribution in [0, 0.1) is 12.7 Å². The molecule has 1 rings (SSSR count). The third-order valence-electron chi connectivity index (χ3n) is 2.10. The summed E-state index contributed by atoms with van der Waals surface area (Å²) < 4.78 is 13.3. The maximum Gasteiger partial charge on any atom is 0.130 e. The summed E-state index contributed by atoms with van der Waals surface area (Å²) in [6.45, 7) is 3.70. The van der Waals surface area contributed by atoms with Gasteiger partial charge in [-0.1, -0.05) is 0 Å². The molecule has 13 heavy (non-hydrogen) atoms. The molecule has 1 aromatic rings. The van der Waals surface area contributed by atoms with Gasteiger partial charge in [-0.15, -0.1) is 0 Å². The van der Waals surface area contributed by atoms with Gasteiger partial charge >= 0.3 is 0 Å². The normalized spacial score (nSPS) is 12.7. The molecule has 0 spiro atoms. The Morgan fingerprint density at radius 2 is 2.08 bits per heavy atom. The van der Waals surface area contributed by atoms with Gasteiger partial charge in [-0.05, 0) is 31.5 Å². The summed E-state index contributed by atoms with van der Waals surface area (Å²) in [6.07, 6.45) is 0. The monoisotopic (exact) mass is 182 g/mol. The minimum atomic E-state index is -0.260. The summed E-state index contributed by atoms with van der Waals surface area (Å²) in [7, 11) is 1.77. The third kappa shape index (κ3) is 1.98. The lowest BCUT2D eigenvalue weighted by Gasteiger charge is -2.11. The summed E-state index contributed by atoms with van der Waals surface area (Å²) in [4.78, 5) is 0. The minimum Gasteiger partial charge on any atom is -0.388 e. The van der Waals surface area contributed by atoms with Crippen LogP contribution in [0.1, 0.15) is 24.1 Å². The Morgan fingerprint density at radius 1 is 1.46 bits per heavy atom. The van der Waals surface area contributed by atoms with Gasteiger partial charge in [-0.3, -0.25) is 0 Å². The number of hydrogen-bond donors (Lipinski definition) is 2. The fourth-order valence-corrected chi connectivity index (χ4v) is 1.32. The van der Waals surface area contributed by atoms with E-state index in [0.29, 0.717) is 5.56 Å². The van der Waals surface area contributed by atoms with Crippen LogP contribution in [0.2, 0.25) is 0 Å². The first kappa shape index (κ1) is 9.99. The van der Waals surface area contributed by atoms with Crippen LogP contribution in [0.15, 0.2) is 12.1 Å². The Kier molecular flexibility index (Phi) is 2.88. The van der Waals surface area contributed by atoms with Gasteiger partial charge < -0.3 is 11.1 Å². The van der Waals surface area contributed by atoms with E-state index in [1.54, 1.807) is 20.0 Å². The molecule has 1 atom stereocenters. The molecule has 0 aliphatic carbocycles. The Bertz CT molecular complexity index is 308. The Labute approximate surface area is 77.9 Å². The molecule has 1 unspecified atom stereocenters. The van der Waals surface area contributed by atoms with E-state index in [1.165, 1.54) is 6.07 Å². The lowest BCUT2D eigenvalue weighted by atomic mass is 10.0. The largest absolute Gasteiger partial charge is 0.388 e. The van der Waals surface area contributed by atoms with Crippen molar-refractivity contribution in [1.82, 2.24) is 0 Å². The van der Waals surface area contributed by atoms with Crippen molar-refractivity contribution in [3.05, 3.63) is 29.1 Å². The van der Waals surface area contributed by atoms with Gasteiger partial charge in [0.2, 0.25) is 0 Å². The number of nitrogens with two attached hydrogens (primary N) is 1. The first-order valence-corrected chi connectivity index (χ1v) is 4.29. The fraction of sp³-hybridized carbons (Fsp3) is 0.400. The molecule has 0 fully saturated rings. The number of nitrogens with one attached hydrogen (secondary N) is 1. The third-order valence-corrected chi connectivity index (χ3v) is 2.10. The van der Waals surface area contributed by atoms with Crippen molar-refractivity contribution in [2.45, 2.75) is 19.9 Å². The highest BCUT2D eigenvalue weighted by atomic mass is 19.1. The first-order valence-electron chi connectivity index (χ1n) is 4.29. The predicted octanol–water partition coefficient (Wildman–Crippen LogP) is 2.20. The van der Waals surface area contributed by atoms with Crippen LogP contribution in [0.4, 0.5) is 10.1 Å². The van der Waals surface area contributed by atoms with Crippen molar-refractivity contribution >= 4 is 5.69 Å². The maximum atomic E-state index is 13.3. The Morgan fingerprint density at radius 3 is 2.54 bits per heavy atom. The van der Waals surface area contributed by atoms with Crippen LogP contribution in [0.3, 0.4) is 0 Å². The van der Waals surface area contributed by atoms with E-state index in [0.717, 1.165) is 11.3 Å². The zero-order valence-corrected chi connectivity index (χ0v) is 8.19. The second kappa shape index (κ2) is 3.75. The lowest BCUT2D eigenvalue weighted by Crippen LogP contribution is -2.08. The van der Waals surface area contributed by atoms with E-state index >= 15 is 0 Å². The maximum absolute atomic E-state index is 13.3. The second-order valence-corrected chi connectivity index (χ2v) is 3.23. The van der Waals surface area contributed by atoms with Crippen LogP contribution in [0.25, 0.3) is 0 Å². The van der Waals surface area contributed by atoms with Crippen LogP contribution in [-0.4, -0.2) is 7.05 Å². The summed E-state index contributed by atoms with van der Waals surface area (Å²) in [5.41, 5.74) is 8.00. The van der Waals surface area contributed by atoms with Gasteiger partial charge in [0.25, 0.3) is 0 Å². The predicted molar refractivity (Wildman–Crippen MR) is 53.3 cm³/mol. The number of halogens is 1. The quantitative estimate of drug-likeness (QED) is 0.735. The van der Waals surface area contributed by atoms with Crippen molar-refractivity contribution in [3.63, 3.8) is 0 Å². The number of rotatable bonds is 2. The van der Waals surface area contributed by atoms with E-state index in [2.05, 4.69) is 5.32 Å². The number of benzene rings is 1. The van der Waals surface area contributed by atoms with Crippen LogP contribution >= 0.6 is 0 Å². The van der Waals surface area contributed by atoms with Crippen LogP contribution in [-0.2, 0) is 0 Å². The summed E-state index contributed by atoms with van der Waals surface area (Å²) in [6, 6.07) is 3.00. The molecule has 0 amide bonds. The zero-order valence-electron chi connectivity index (χ0n) is 8.19. The van der Waals surface area contributed by atoms with Crippen molar-refractivity contribution in [1.29, 1.82) is 0 Å². The van der Waals surface area contributed by atoms with Crippen LogP contribution < -0.4 is 11.1 Å². The summed E-state index contributed by atoms with van der Waals surface area (Å²) >= 11 is 0. The molecular formula is C10H15FN2. The molecule has 0 aromatic heterocycles. The summed E-state index contributed by atoms with van der Waals surface area (Å²) in [5, 5.41) is 2.92. The van der Waals surface area contributed by atoms with Crippen molar-refractivity contribution < 1.29 is 4.39 Å². The molecule has 0 bridgehead atoms. The Balaban J connectivity index is 3.20. The molecular weight excluding hydrogens is 167 g/mol. The van der Waals surface area contributed by atoms with E-state index in [9.17, 15) is 4.39 Å². The Hall–Kier alpha value is -1.09. The minimum absolute atomic E-state index is 0.245. The topological polar surface area (TPSA) is 38.0 Å². The fourth-order valence-electron chi connectivity index (χ4n) is 1.32. The molecule has 72 valence electrons. The molecule has 0 aliphatic heterocycles. The van der Waals surface area contributed by atoms with Crippen LogP contribution in [0.5, 0.6) is 0 Å². The zero-order chi connectivity index (χ0) is 10.0. The first-order chi connectivity index (χ1) is 6.06. The highest BCUT2D eigenvalue weighted by Crippen LogP contribution is 2.22. The summed E-state index contributed by atoms with van der Waals surface area (Å²) in [5.74, 6) is -0.245. The van der Waals surface area contributed by atoms with Gasteiger partial charge in [-0.2, -0.15) is 0 Å². The van der Waals surface area contributed by atoms with E-state index in [4.69, 9.17) is 5.73 Å². The standard InChI is InChI=1S/C10H15FN2/c1-6-4-8(7(2)12)9(11)5-10(6)13-3/h4-5,7,13H,12H2,1-3H3. The molecule has 0 saturated carbocycles. The number of anilines is 1. The molecule has 3 heteroatoms. The average molecular weight is 182 g/mol. The highest BCUT2D eigenvalue weighted by Gasteiger charge is 2.09. The van der Waals surface area contributed by atoms with Gasteiger partial charge in [0.15, 0.2) is 0 Å². The molecule has 0 heterocycles. The molecule has 3 N–H and O–H groups in total. The lowest BCUT2D eigenvalue weighted by molar-refractivity contribution is 0.593. The van der Waals surface area contributed by atoms with Gasteiger partial charge in [-0.25, -0.2) is 4.39 Å². The molecule has 0 aliphatic rings. The molecule has 2 nitrogen and oxygen atoms in total. The average Bonchev–Trinajstić information content (AvgIpc) is 2.07. The molecule has 0 saturated heterocycles. The number of aryl methyl sites for hydroxylation is 1. The SMILES string of the molecule is CNc1cc(F)c(C(C)N)cc1C. The van der Waals surface area contributed by atoms with E-state index < -0.39 is 0 Å². The highest BCUT2D eigenvalue weighted by molar-refractivity contribution is 5.52. The number of hydrogen-bond acceptors (Lipinski definition) is 2. The van der Waals surface area contributed by atoms with Crippen molar-refractivity contribution in [3.8, 4) is 0 Å². The molecule has 0 radical (unpaired) electrons. The smallest absolute Gasteiger partial charge is 0.130 e. The van der Waals surface area contributed by atoms with Crippen molar-refractivity contribution in [2.75, 3.05) is 12.4 Å². The second-order valence-electron chi connectivity index (χ2n) is 3.23. The van der Waals surface area contributed by atoms with Gasteiger partial charge in [0.05, 0.1) is 0 Å². The molecule has 1 aromatic carbocycles. The van der Waals surface area contributed by atoms with Crippen molar-refractivity contribution in [2.24, 2.45) is 5.73 Å². The van der Waals surface area contributed by atoms with E-state index in [1.807, 2.05) is 6.92 Å². The van der Waals surface area contributed by atoms with Gasteiger partial charge in [0, 0.05) is 24.3 Å². The van der Waals surface area contributed by atoms with E-state index in [-0.39, 0.29) is 11.9 Å².